The maximum absolute atomic E-state index is 12.8. The standard InChI is InChI=1S/C17H25ClN8O4/c1-2-3-4-8-30-17(29)26(11(13(27)28)6-5-7-21-15(19)20)16-23-10-9-22-14(18)24-12(10)25-16/h9,11H,2-8H2,1H3,(H,27,28)(H4,19,20,21)(H,22,23,24,25)/t11-/m0/s1. The van der Waals surface area contributed by atoms with Crippen LogP contribution in [0.15, 0.2) is 11.2 Å². The van der Waals surface area contributed by atoms with Gasteiger partial charge >= 0.3 is 12.1 Å². The first-order valence-corrected chi connectivity index (χ1v) is 9.83. The summed E-state index contributed by atoms with van der Waals surface area (Å²) in [7, 11) is 0. The fourth-order valence-corrected chi connectivity index (χ4v) is 2.82. The van der Waals surface area contributed by atoms with Gasteiger partial charge in [-0.2, -0.15) is 9.97 Å². The van der Waals surface area contributed by atoms with Crippen LogP contribution in [0.25, 0.3) is 11.2 Å². The van der Waals surface area contributed by atoms with E-state index in [1.807, 2.05) is 6.92 Å². The average Bonchev–Trinajstić information content (AvgIpc) is 3.09. The number of aliphatic carboxylic acids is 1. The summed E-state index contributed by atoms with van der Waals surface area (Å²) in [6, 6.07) is -1.26. The topological polar surface area (TPSA) is 186 Å². The van der Waals surface area contributed by atoms with Gasteiger partial charge in [0.25, 0.3) is 0 Å². The molecule has 6 N–H and O–H groups in total. The maximum atomic E-state index is 12.8. The molecule has 0 aromatic carbocycles. The number of amides is 1. The van der Waals surface area contributed by atoms with E-state index in [0.29, 0.717) is 18.4 Å². The molecule has 1 atom stereocenters. The zero-order valence-corrected chi connectivity index (χ0v) is 17.3. The van der Waals surface area contributed by atoms with E-state index in [1.165, 1.54) is 6.20 Å². The van der Waals surface area contributed by atoms with E-state index in [4.69, 9.17) is 27.8 Å². The molecule has 2 rings (SSSR count). The van der Waals surface area contributed by atoms with E-state index in [0.717, 1.165) is 17.7 Å². The summed E-state index contributed by atoms with van der Waals surface area (Å²) in [6.07, 6.45) is 3.44. The number of carbonyl (C=O) groups is 2. The van der Waals surface area contributed by atoms with Crippen molar-refractivity contribution in [2.75, 3.05) is 18.1 Å². The molecule has 164 valence electrons. The van der Waals surface area contributed by atoms with Crippen molar-refractivity contribution in [1.82, 2.24) is 19.9 Å². The van der Waals surface area contributed by atoms with Crippen molar-refractivity contribution in [3.8, 4) is 0 Å². The number of aliphatic imine (C=N–C) groups is 1. The van der Waals surface area contributed by atoms with Crippen molar-refractivity contribution < 1.29 is 19.4 Å². The minimum atomic E-state index is -1.26. The molecule has 0 unspecified atom stereocenters. The van der Waals surface area contributed by atoms with Crippen molar-refractivity contribution in [3.63, 3.8) is 0 Å². The molecule has 0 saturated carbocycles. The third-order valence-corrected chi connectivity index (χ3v) is 4.30. The number of nitrogens with zero attached hydrogens (tertiary/aromatic N) is 5. The quantitative estimate of drug-likeness (QED) is 0.174. The van der Waals surface area contributed by atoms with Gasteiger partial charge in [-0.25, -0.2) is 19.5 Å². The van der Waals surface area contributed by atoms with Crippen molar-refractivity contribution >= 4 is 46.7 Å². The number of guanidine groups is 1. The summed E-state index contributed by atoms with van der Waals surface area (Å²) in [5.74, 6) is -1.35. The highest BCUT2D eigenvalue weighted by atomic mass is 35.5. The van der Waals surface area contributed by atoms with E-state index < -0.39 is 18.1 Å². The highest BCUT2D eigenvalue weighted by Crippen LogP contribution is 2.22. The summed E-state index contributed by atoms with van der Waals surface area (Å²) in [5.41, 5.74) is 11.2. The Morgan fingerprint density at radius 2 is 2.10 bits per heavy atom. The number of carbonyl (C=O) groups excluding carboxylic acids is 1. The molecular weight excluding hydrogens is 416 g/mol. The molecule has 0 aliphatic rings. The predicted molar refractivity (Wildman–Crippen MR) is 111 cm³/mol. The van der Waals surface area contributed by atoms with Gasteiger partial charge in [-0.1, -0.05) is 19.8 Å². The fourth-order valence-electron chi connectivity index (χ4n) is 2.69. The van der Waals surface area contributed by atoms with Crippen LogP contribution < -0.4 is 16.4 Å². The minimum Gasteiger partial charge on any atom is -0.480 e. The van der Waals surface area contributed by atoms with Crippen LogP contribution in [0.2, 0.25) is 5.28 Å². The first-order valence-electron chi connectivity index (χ1n) is 9.46. The number of anilines is 1. The molecular formula is C17H25ClN8O4. The smallest absolute Gasteiger partial charge is 0.417 e. The van der Waals surface area contributed by atoms with Crippen molar-refractivity contribution in [2.24, 2.45) is 16.5 Å². The summed E-state index contributed by atoms with van der Waals surface area (Å²) in [6.45, 7) is 2.40. The number of fused-ring (bicyclic) bond motifs is 1. The SMILES string of the molecule is CCCCCOC(=O)N(c1nc2nc(Cl)ncc2[nH]1)[C@@H](CCCN=C(N)N)C(=O)O. The molecule has 0 fully saturated rings. The van der Waals surface area contributed by atoms with Crippen molar-refractivity contribution in [1.29, 1.82) is 0 Å². The largest absolute Gasteiger partial charge is 0.480 e. The zero-order valence-electron chi connectivity index (χ0n) is 16.5. The second kappa shape index (κ2) is 11.1. The first-order chi connectivity index (χ1) is 14.3. The Kier molecular flexibility index (Phi) is 8.59. The summed E-state index contributed by atoms with van der Waals surface area (Å²) >= 11 is 5.78. The zero-order chi connectivity index (χ0) is 22.1. The third kappa shape index (κ3) is 6.44. The number of aromatic amines is 1. The Hall–Kier alpha value is -3.15. The number of hydrogen-bond donors (Lipinski definition) is 4. The number of hydrogen-bond acceptors (Lipinski definition) is 7. The van der Waals surface area contributed by atoms with Gasteiger partial charge in [0, 0.05) is 6.54 Å². The van der Waals surface area contributed by atoms with E-state index in [-0.39, 0.29) is 42.4 Å². The molecule has 13 heteroatoms. The fraction of sp³-hybridized carbons (Fsp3) is 0.529. The number of carboxylic acid groups (broad SMARTS) is 1. The Balaban J connectivity index is 2.30. The lowest BCUT2D eigenvalue weighted by molar-refractivity contribution is -0.138. The highest BCUT2D eigenvalue weighted by molar-refractivity contribution is 6.28. The highest BCUT2D eigenvalue weighted by Gasteiger charge is 2.34. The number of H-pyrrole nitrogens is 1. The van der Waals surface area contributed by atoms with Crippen LogP contribution in [-0.4, -0.2) is 62.3 Å². The summed E-state index contributed by atoms with van der Waals surface area (Å²) in [4.78, 5) is 44.4. The van der Waals surface area contributed by atoms with Gasteiger partial charge in [-0.15, -0.1) is 0 Å². The number of halogens is 1. The van der Waals surface area contributed by atoms with E-state index in [1.54, 1.807) is 0 Å². The summed E-state index contributed by atoms with van der Waals surface area (Å²) in [5, 5.41) is 9.74. The Labute approximate surface area is 177 Å². The lowest BCUT2D eigenvalue weighted by Crippen LogP contribution is -2.46. The predicted octanol–water partition coefficient (Wildman–Crippen LogP) is 1.65. The Morgan fingerprint density at radius 3 is 2.77 bits per heavy atom. The third-order valence-electron chi connectivity index (χ3n) is 4.12. The van der Waals surface area contributed by atoms with Crippen LogP contribution in [0.3, 0.4) is 0 Å². The van der Waals surface area contributed by atoms with Crippen molar-refractivity contribution in [2.45, 2.75) is 45.1 Å². The van der Waals surface area contributed by atoms with Gasteiger partial charge in [0.15, 0.2) is 11.6 Å². The van der Waals surface area contributed by atoms with E-state index in [2.05, 4.69) is 24.9 Å². The van der Waals surface area contributed by atoms with Gasteiger partial charge in [-0.05, 0) is 30.9 Å². The van der Waals surface area contributed by atoms with Crippen LogP contribution in [-0.2, 0) is 9.53 Å². The number of unbranched alkanes of at least 4 members (excludes halogenated alkanes) is 2. The number of rotatable bonds is 11. The minimum absolute atomic E-state index is 0.0266. The molecule has 0 bridgehead atoms. The molecule has 30 heavy (non-hydrogen) atoms. The number of ether oxygens (including phenoxy) is 1. The molecule has 0 radical (unpaired) electrons. The lowest BCUT2D eigenvalue weighted by atomic mass is 10.1. The molecule has 12 nitrogen and oxygen atoms in total. The van der Waals surface area contributed by atoms with E-state index >= 15 is 0 Å². The molecule has 0 spiro atoms. The monoisotopic (exact) mass is 440 g/mol. The number of nitrogens with one attached hydrogen (secondary N) is 1. The first kappa shape index (κ1) is 23.1. The molecule has 2 heterocycles. The van der Waals surface area contributed by atoms with Gasteiger partial charge in [-0.3, -0.25) is 4.99 Å². The average molecular weight is 441 g/mol. The van der Waals surface area contributed by atoms with Crippen LogP contribution in [0.4, 0.5) is 10.7 Å². The molecule has 2 aromatic heterocycles. The number of nitrogens with two attached hydrogens (primary N) is 2. The van der Waals surface area contributed by atoms with Crippen LogP contribution in [0.5, 0.6) is 0 Å². The molecule has 0 aliphatic heterocycles. The summed E-state index contributed by atoms with van der Waals surface area (Å²) < 4.78 is 5.29. The number of aromatic nitrogens is 4. The van der Waals surface area contributed by atoms with Gasteiger partial charge < -0.3 is 26.3 Å². The molecule has 0 aliphatic carbocycles. The molecule has 1 amide bonds. The number of carboxylic acids is 1. The maximum Gasteiger partial charge on any atom is 0.417 e. The molecule has 2 aromatic rings. The normalized spacial score (nSPS) is 11.8. The van der Waals surface area contributed by atoms with Crippen molar-refractivity contribution in [3.05, 3.63) is 11.5 Å². The molecule has 0 saturated heterocycles. The van der Waals surface area contributed by atoms with Gasteiger partial charge in [0.05, 0.1) is 12.8 Å². The Bertz CT molecular complexity index is 899. The second-order valence-electron chi connectivity index (χ2n) is 6.43. The van der Waals surface area contributed by atoms with Crippen LogP contribution in [0.1, 0.15) is 39.0 Å². The lowest BCUT2D eigenvalue weighted by Gasteiger charge is -2.26. The van der Waals surface area contributed by atoms with Crippen LogP contribution in [0, 0.1) is 0 Å². The number of imidazole rings is 1. The van der Waals surface area contributed by atoms with Crippen LogP contribution >= 0.6 is 11.6 Å². The Morgan fingerprint density at radius 1 is 1.33 bits per heavy atom. The van der Waals surface area contributed by atoms with Gasteiger partial charge in [0.2, 0.25) is 11.2 Å². The second-order valence-corrected chi connectivity index (χ2v) is 6.77. The van der Waals surface area contributed by atoms with E-state index in [9.17, 15) is 14.7 Å². The van der Waals surface area contributed by atoms with Gasteiger partial charge in [0.1, 0.15) is 11.6 Å².